The molecule has 2 amide bonds. The number of hydrogen-bond acceptors (Lipinski definition) is 5. The first-order valence-electron chi connectivity index (χ1n) is 9.29. The van der Waals surface area contributed by atoms with Gasteiger partial charge in [-0.25, -0.2) is 0 Å². The highest BCUT2D eigenvalue weighted by molar-refractivity contribution is 9.10. The summed E-state index contributed by atoms with van der Waals surface area (Å²) in [7, 11) is 0. The Hall–Kier alpha value is -3.91. The number of carbonyl (C=O) groups is 2. The minimum Gasteiger partial charge on any atom is -0.507 e. The van der Waals surface area contributed by atoms with E-state index in [-0.39, 0.29) is 22.7 Å². The number of aromatic hydroxyl groups is 1. The maximum atomic E-state index is 13.0. The lowest BCUT2D eigenvalue weighted by Gasteiger charge is -2.19. The molecule has 2 heterocycles. The van der Waals surface area contributed by atoms with E-state index in [2.05, 4.69) is 21.2 Å². The molecular weight excluding hydrogens is 462 g/mol. The van der Waals surface area contributed by atoms with Gasteiger partial charge >= 0.3 is 0 Å². The normalized spacial score (nSPS) is 12.8. The molecule has 1 aromatic heterocycles. The second-order valence-corrected chi connectivity index (χ2v) is 7.95. The predicted molar refractivity (Wildman–Crippen MR) is 121 cm³/mol. The molecule has 0 saturated carbocycles. The van der Waals surface area contributed by atoms with Gasteiger partial charge in [0.2, 0.25) is 0 Å². The van der Waals surface area contributed by atoms with Crippen LogP contribution in [0, 0.1) is 0 Å². The molecule has 1 aliphatic rings. The third-order valence-electron chi connectivity index (χ3n) is 5.34. The molecule has 0 unspecified atom stereocenters. The van der Waals surface area contributed by atoms with Crippen molar-refractivity contribution < 1.29 is 14.7 Å². The summed E-state index contributed by atoms with van der Waals surface area (Å²) < 4.78 is 1.70. The first-order chi connectivity index (χ1) is 14.9. The van der Waals surface area contributed by atoms with E-state index in [1.54, 1.807) is 30.3 Å². The number of fused-ring (bicyclic) bond motifs is 2. The number of para-hydroxylation sites is 1. The summed E-state index contributed by atoms with van der Waals surface area (Å²) in [6.45, 7) is 0. The molecular formula is C23H14BrN3O4. The third-order valence-corrected chi connectivity index (χ3v) is 5.98. The van der Waals surface area contributed by atoms with E-state index in [0.29, 0.717) is 21.3 Å². The molecule has 5 rings (SSSR count). The van der Waals surface area contributed by atoms with Gasteiger partial charge < -0.3 is 10.8 Å². The molecule has 7 nitrogen and oxygen atoms in total. The van der Waals surface area contributed by atoms with E-state index in [9.17, 15) is 19.5 Å². The lowest BCUT2D eigenvalue weighted by molar-refractivity contribution is 0.0880. The summed E-state index contributed by atoms with van der Waals surface area (Å²) in [6.07, 6.45) is 0. The molecule has 0 atom stereocenters. The van der Waals surface area contributed by atoms with E-state index in [1.807, 2.05) is 24.3 Å². The number of pyridine rings is 1. The number of hydrogen-bond donors (Lipinski definition) is 3. The minimum absolute atomic E-state index is 0.0266. The molecule has 0 spiro atoms. The van der Waals surface area contributed by atoms with Crippen LogP contribution in [0.3, 0.4) is 0 Å². The minimum atomic E-state index is -0.659. The van der Waals surface area contributed by atoms with E-state index in [0.717, 1.165) is 16.8 Å². The molecule has 0 aliphatic carbocycles. The highest BCUT2D eigenvalue weighted by Gasteiger charge is 2.32. The maximum absolute atomic E-state index is 13.0. The maximum Gasteiger partial charge on any atom is 0.262 e. The zero-order valence-corrected chi connectivity index (χ0v) is 17.4. The first kappa shape index (κ1) is 19.1. The second kappa shape index (κ2) is 6.82. The van der Waals surface area contributed by atoms with Crippen molar-refractivity contribution in [1.82, 2.24) is 9.88 Å². The summed E-state index contributed by atoms with van der Waals surface area (Å²) in [5.74, 6) is -1.44. The number of phenols is 1. The largest absolute Gasteiger partial charge is 0.507 e. The third kappa shape index (κ3) is 2.76. The van der Waals surface area contributed by atoms with Crippen LogP contribution in [0.1, 0.15) is 20.7 Å². The molecule has 4 N–H and O–H groups in total. The quantitative estimate of drug-likeness (QED) is 0.383. The molecule has 152 valence electrons. The van der Waals surface area contributed by atoms with Crippen LogP contribution in [0.2, 0.25) is 0 Å². The van der Waals surface area contributed by atoms with Gasteiger partial charge in [0.15, 0.2) is 0 Å². The number of carbonyl (C=O) groups excluding carboxylic acids is 2. The predicted octanol–water partition coefficient (Wildman–Crippen LogP) is 3.59. The van der Waals surface area contributed by atoms with Crippen molar-refractivity contribution in [2.24, 2.45) is 0 Å². The van der Waals surface area contributed by atoms with Crippen molar-refractivity contribution in [3.8, 4) is 22.6 Å². The number of aromatic nitrogens is 1. The van der Waals surface area contributed by atoms with Crippen LogP contribution in [0.5, 0.6) is 5.75 Å². The van der Waals surface area contributed by atoms with Crippen molar-refractivity contribution in [3.05, 3.63) is 86.6 Å². The Morgan fingerprint density at radius 1 is 0.871 bits per heavy atom. The van der Waals surface area contributed by atoms with Gasteiger partial charge in [-0.1, -0.05) is 42.5 Å². The summed E-state index contributed by atoms with van der Waals surface area (Å²) in [6, 6.07) is 17.3. The molecule has 0 radical (unpaired) electrons. The van der Waals surface area contributed by atoms with Crippen LogP contribution in [0.4, 0.5) is 5.82 Å². The summed E-state index contributed by atoms with van der Waals surface area (Å²) in [5.41, 5.74) is 6.98. The van der Waals surface area contributed by atoms with Crippen molar-refractivity contribution in [3.63, 3.8) is 0 Å². The zero-order valence-electron chi connectivity index (χ0n) is 15.8. The highest BCUT2D eigenvalue weighted by atomic mass is 79.9. The van der Waals surface area contributed by atoms with Gasteiger partial charge in [0.1, 0.15) is 11.6 Å². The number of nitrogens with one attached hydrogen (secondary N) is 1. The van der Waals surface area contributed by atoms with Crippen LogP contribution in [-0.4, -0.2) is 21.5 Å². The van der Waals surface area contributed by atoms with Gasteiger partial charge in [0, 0.05) is 21.7 Å². The van der Waals surface area contributed by atoms with Gasteiger partial charge in [-0.2, -0.15) is 0 Å². The van der Waals surface area contributed by atoms with Crippen LogP contribution >= 0.6 is 15.9 Å². The van der Waals surface area contributed by atoms with Crippen molar-refractivity contribution in [2.45, 2.75) is 0 Å². The standard InChI is InChI=1S/C23H14BrN3O4/c24-15-7-3-6-13(18-12-5-2-1-4-11(12)8-9-16(18)28)20(15)27-17(29)10-14-19(21(27)25)23(31)26-22(14)30/h1-10,28H,25H2,(H,26,30,31). The van der Waals surface area contributed by atoms with E-state index in [4.69, 9.17) is 5.73 Å². The van der Waals surface area contributed by atoms with Gasteiger partial charge in [-0.15, -0.1) is 0 Å². The topological polar surface area (TPSA) is 114 Å². The van der Waals surface area contributed by atoms with Crippen LogP contribution in [-0.2, 0) is 0 Å². The highest BCUT2D eigenvalue weighted by Crippen LogP contribution is 2.42. The van der Waals surface area contributed by atoms with Gasteiger partial charge in [-0.05, 0) is 38.8 Å². The van der Waals surface area contributed by atoms with Crippen molar-refractivity contribution in [2.75, 3.05) is 5.73 Å². The van der Waals surface area contributed by atoms with Gasteiger partial charge in [-0.3, -0.25) is 24.3 Å². The Morgan fingerprint density at radius 2 is 1.65 bits per heavy atom. The zero-order chi connectivity index (χ0) is 21.9. The summed E-state index contributed by atoms with van der Waals surface area (Å²) >= 11 is 3.48. The average Bonchev–Trinajstić information content (AvgIpc) is 3.02. The number of phenolic OH excluding ortho intramolecular Hbond substituents is 1. The Bertz CT molecular complexity index is 1510. The van der Waals surface area contributed by atoms with Crippen molar-refractivity contribution in [1.29, 1.82) is 0 Å². The van der Waals surface area contributed by atoms with Crippen LogP contribution in [0.25, 0.3) is 27.6 Å². The lowest BCUT2D eigenvalue weighted by Crippen LogP contribution is -2.25. The van der Waals surface area contributed by atoms with E-state index >= 15 is 0 Å². The summed E-state index contributed by atoms with van der Waals surface area (Å²) in [4.78, 5) is 37.3. The fourth-order valence-corrected chi connectivity index (χ4v) is 4.54. The molecule has 3 aromatic carbocycles. The number of rotatable bonds is 2. The van der Waals surface area contributed by atoms with Gasteiger partial charge in [0.25, 0.3) is 17.4 Å². The fourth-order valence-electron chi connectivity index (χ4n) is 4.00. The molecule has 8 heteroatoms. The number of benzene rings is 3. The molecule has 0 fully saturated rings. The molecule has 31 heavy (non-hydrogen) atoms. The Balaban J connectivity index is 1.91. The average molecular weight is 476 g/mol. The van der Waals surface area contributed by atoms with Crippen molar-refractivity contribution >= 4 is 44.3 Å². The Morgan fingerprint density at radius 3 is 2.45 bits per heavy atom. The van der Waals surface area contributed by atoms with E-state index < -0.39 is 17.4 Å². The van der Waals surface area contributed by atoms with E-state index in [1.165, 1.54) is 4.57 Å². The van der Waals surface area contributed by atoms with Crippen LogP contribution in [0.15, 0.2) is 69.9 Å². The van der Waals surface area contributed by atoms with Gasteiger partial charge in [0.05, 0.1) is 16.8 Å². The molecule has 4 aromatic rings. The first-order valence-corrected chi connectivity index (χ1v) is 10.1. The Kier molecular flexibility index (Phi) is 4.19. The second-order valence-electron chi connectivity index (χ2n) is 7.09. The number of nitrogens with two attached hydrogens (primary N) is 1. The number of amides is 2. The monoisotopic (exact) mass is 475 g/mol. The lowest BCUT2D eigenvalue weighted by atomic mass is 9.95. The fraction of sp³-hybridized carbons (Fsp3) is 0. The van der Waals surface area contributed by atoms with Crippen LogP contribution < -0.4 is 16.6 Å². The number of anilines is 1. The molecule has 0 saturated heterocycles. The smallest absolute Gasteiger partial charge is 0.262 e. The molecule has 1 aliphatic heterocycles. The number of nitrogens with zero attached hydrogens (tertiary/aromatic N) is 1. The number of imide groups is 1. The number of halogens is 1. The number of nitrogen functional groups attached to an aromatic ring is 1. The SMILES string of the molecule is Nc1c2c(cc(=O)n1-c1c(Br)cccc1-c1c(O)ccc3ccccc13)C(=O)NC2=O. The molecule has 0 bridgehead atoms. The summed E-state index contributed by atoms with van der Waals surface area (Å²) in [5, 5.41) is 14.6. The Labute approximate surface area is 183 Å².